The topological polar surface area (TPSA) is 95.7 Å². The van der Waals surface area contributed by atoms with E-state index in [9.17, 15) is 5.11 Å². The highest BCUT2D eigenvalue weighted by molar-refractivity contribution is 6.18. The maximum atomic E-state index is 9.49. The Labute approximate surface area is 61.9 Å². The molecule has 1 unspecified atom stereocenters. The predicted octanol–water partition coefficient (Wildman–Crippen LogP) is -1.49. The highest BCUT2D eigenvalue weighted by atomic mass is 16.3. The molecular formula is C5H5N5O. The second kappa shape index (κ2) is 1.73. The highest BCUT2D eigenvalue weighted by Gasteiger charge is 2.36. The molecule has 0 radical (unpaired) electrons. The molecule has 2 aliphatic heterocycles. The Kier molecular flexibility index (Phi) is 0.970. The first-order valence-corrected chi connectivity index (χ1v) is 2.94. The van der Waals surface area contributed by atoms with Gasteiger partial charge in [0.2, 0.25) is 5.96 Å². The van der Waals surface area contributed by atoms with E-state index in [1.165, 1.54) is 12.6 Å². The summed E-state index contributed by atoms with van der Waals surface area (Å²) in [7, 11) is 0. The largest absolute Gasteiger partial charge is 0.368 e. The number of nitrogens with zero attached hydrogens (tertiary/aromatic N) is 4. The number of nitrogens with two attached hydrogens (primary N) is 1. The van der Waals surface area contributed by atoms with E-state index in [2.05, 4.69) is 20.0 Å². The summed E-state index contributed by atoms with van der Waals surface area (Å²) in [6, 6.07) is 0. The number of amidine groups is 1. The summed E-state index contributed by atoms with van der Waals surface area (Å²) in [5.74, 6) is 0.254. The maximum absolute atomic E-state index is 9.49. The van der Waals surface area contributed by atoms with Crippen LogP contribution in [0.1, 0.15) is 0 Å². The van der Waals surface area contributed by atoms with E-state index in [0.717, 1.165) is 0 Å². The molecule has 2 aliphatic rings. The molecule has 0 aromatic carbocycles. The smallest absolute Gasteiger partial charge is 0.256 e. The summed E-state index contributed by atoms with van der Waals surface area (Å²) in [6.07, 6.45) is 2.43. The summed E-state index contributed by atoms with van der Waals surface area (Å²) < 4.78 is 0. The molecule has 0 aliphatic carbocycles. The van der Waals surface area contributed by atoms with Crippen molar-refractivity contribution < 1.29 is 5.11 Å². The van der Waals surface area contributed by atoms with Crippen molar-refractivity contribution in [2.24, 2.45) is 25.7 Å². The van der Waals surface area contributed by atoms with Crippen LogP contribution < -0.4 is 5.73 Å². The lowest BCUT2D eigenvalue weighted by molar-refractivity contribution is 0.200. The summed E-state index contributed by atoms with van der Waals surface area (Å²) in [5, 5.41) is 9.49. The molecule has 0 saturated heterocycles. The quantitative estimate of drug-likeness (QED) is 0.441. The van der Waals surface area contributed by atoms with E-state index in [0.29, 0.717) is 0 Å². The average molecular weight is 151 g/mol. The van der Waals surface area contributed by atoms with Crippen LogP contribution in [0.3, 0.4) is 0 Å². The zero-order valence-corrected chi connectivity index (χ0v) is 5.47. The summed E-state index contributed by atoms with van der Waals surface area (Å²) >= 11 is 0. The molecule has 0 aromatic rings. The molecule has 3 N–H and O–H groups in total. The minimum atomic E-state index is -1.47. The van der Waals surface area contributed by atoms with Crippen molar-refractivity contribution in [3.63, 3.8) is 0 Å². The predicted molar refractivity (Wildman–Crippen MR) is 41.0 cm³/mol. The molecule has 6 heteroatoms. The van der Waals surface area contributed by atoms with Crippen molar-refractivity contribution in [2.45, 2.75) is 5.72 Å². The first-order chi connectivity index (χ1) is 5.21. The van der Waals surface area contributed by atoms with Crippen LogP contribution in [0.4, 0.5) is 0 Å². The summed E-state index contributed by atoms with van der Waals surface area (Å²) in [4.78, 5) is 14.6. The van der Waals surface area contributed by atoms with Crippen LogP contribution in [0.15, 0.2) is 20.0 Å². The number of hydrogen-bond acceptors (Lipinski definition) is 6. The number of guanidine groups is 1. The monoisotopic (exact) mass is 151 g/mol. The Morgan fingerprint density at radius 3 is 3.18 bits per heavy atom. The van der Waals surface area contributed by atoms with Gasteiger partial charge >= 0.3 is 0 Å². The molecule has 0 amide bonds. The van der Waals surface area contributed by atoms with Gasteiger partial charge in [0.1, 0.15) is 6.34 Å². The summed E-state index contributed by atoms with van der Waals surface area (Å²) in [6.45, 7) is 0. The molecule has 0 spiro atoms. The van der Waals surface area contributed by atoms with Crippen LogP contribution >= 0.6 is 0 Å². The van der Waals surface area contributed by atoms with Crippen molar-refractivity contribution in [1.82, 2.24) is 0 Å². The van der Waals surface area contributed by atoms with Crippen molar-refractivity contribution >= 4 is 24.3 Å². The van der Waals surface area contributed by atoms with Crippen LogP contribution in [0.2, 0.25) is 0 Å². The van der Waals surface area contributed by atoms with Gasteiger partial charge in [0.05, 0.1) is 6.21 Å². The molecule has 2 heterocycles. The van der Waals surface area contributed by atoms with E-state index in [4.69, 9.17) is 5.73 Å². The minimum Gasteiger partial charge on any atom is -0.368 e. The van der Waals surface area contributed by atoms with Gasteiger partial charge in [0.25, 0.3) is 5.72 Å². The van der Waals surface area contributed by atoms with E-state index >= 15 is 0 Å². The zero-order valence-electron chi connectivity index (χ0n) is 5.47. The number of rotatable bonds is 0. The van der Waals surface area contributed by atoms with Gasteiger partial charge in [-0.25, -0.2) is 15.0 Å². The van der Waals surface area contributed by atoms with Crippen molar-refractivity contribution in [1.29, 1.82) is 0 Å². The molecule has 0 bridgehead atoms. The van der Waals surface area contributed by atoms with Gasteiger partial charge in [-0.1, -0.05) is 0 Å². The standard InChI is InChI=1S/C5H5N5O/c6-4-7-1-5(11)3(10-4)8-2-9-5/h1-2,11H,(H2,6,8,9,10). The molecule has 0 saturated carbocycles. The summed E-state index contributed by atoms with van der Waals surface area (Å²) in [5.41, 5.74) is 3.78. The first-order valence-electron chi connectivity index (χ1n) is 2.94. The average Bonchev–Trinajstić information content (AvgIpc) is 2.31. The molecule has 0 fully saturated rings. The Hall–Kier alpha value is -1.56. The highest BCUT2D eigenvalue weighted by Crippen LogP contribution is 2.15. The number of hydrogen-bond donors (Lipinski definition) is 2. The van der Waals surface area contributed by atoms with Crippen LogP contribution in [0, 0.1) is 0 Å². The van der Waals surface area contributed by atoms with Gasteiger partial charge in [-0.3, -0.25) is 0 Å². The van der Waals surface area contributed by atoms with Crippen LogP contribution in [0.5, 0.6) is 0 Å². The van der Waals surface area contributed by atoms with Gasteiger partial charge < -0.3 is 10.8 Å². The first kappa shape index (κ1) is 6.17. The molecular weight excluding hydrogens is 146 g/mol. The van der Waals surface area contributed by atoms with E-state index in [1.54, 1.807) is 0 Å². The second-order valence-corrected chi connectivity index (χ2v) is 2.15. The van der Waals surface area contributed by atoms with Gasteiger partial charge in [0, 0.05) is 0 Å². The van der Waals surface area contributed by atoms with Gasteiger partial charge in [0.15, 0.2) is 5.84 Å². The van der Waals surface area contributed by atoms with Crippen molar-refractivity contribution in [3.05, 3.63) is 0 Å². The van der Waals surface area contributed by atoms with Crippen LogP contribution in [-0.4, -0.2) is 35.2 Å². The fraction of sp³-hybridized carbons (Fsp3) is 0.200. The minimum absolute atomic E-state index is 0.0823. The second-order valence-electron chi connectivity index (χ2n) is 2.15. The fourth-order valence-electron chi connectivity index (χ4n) is 0.820. The SMILES string of the molecule is NC1=NC2=NC=NC2(O)C=N1. The third-order valence-electron chi connectivity index (χ3n) is 1.36. The Morgan fingerprint density at radius 1 is 1.55 bits per heavy atom. The third kappa shape index (κ3) is 0.761. The molecule has 56 valence electrons. The van der Waals surface area contributed by atoms with Gasteiger partial charge in [-0.15, -0.1) is 0 Å². The van der Waals surface area contributed by atoms with Gasteiger partial charge in [-0.2, -0.15) is 4.99 Å². The number of aliphatic hydroxyl groups is 1. The molecule has 0 aromatic heterocycles. The van der Waals surface area contributed by atoms with Gasteiger partial charge in [-0.05, 0) is 0 Å². The van der Waals surface area contributed by atoms with Crippen molar-refractivity contribution in [3.8, 4) is 0 Å². The van der Waals surface area contributed by atoms with E-state index < -0.39 is 5.72 Å². The molecule has 6 nitrogen and oxygen atoms in total. The lowest BCUT2D eigenvalue weighted by Crippen LogP contribution is -2.39. The fourth-order valence-corrected chi connectivity index (χ4v) is 0.820. The third-order valence-corrected chi connectivity index (χ3v) is 1.36. The lowest BCUT2D eigenvalue weighted by Gasteiger charge is -2.15. The zero-order chi connectivity index (χ0) is 7.90. The molecule has 1 atom stereocenters. The van der Waals surface area contributed by atoms with Crippen LogP contribution in [-0.2, 0) is 0 Å². The molecule has 11 heavy (non-hydrogen) atoms. The van der Waals surface area contributed by atoms with E-state index in [-0.39, 0.29) is 11.8 Å². The van der Waals surface area contributed by atoms with Crippen LogP contribution in [0.25, 0.3) is 0 Å². The Balaban J connectivity index is 2.49. The normalized spacial score (nSPS) is 33.2. The molecule has 2 rings (SSSR count). The number of fused-ring (bicyclic) bond motifs is 1. The maximum Gasteiger partial charge on any atom is 0.256 e. The Bertz CT molecular complexity index is 315. The number of aliphatic imine (C=N–C) groups is 4. The Morgan fingerprint density at radius 2 is 2.36 bits per heavy atom. The van der Waals surface area contributed by atoms with E-state index in [1.807, 2.05) is 0 Å². The lowest BCUT2D eigenvalue weighted by atomic mass is 10.2. The van der Waals surface area contributed by atoms with Crippen molar-refractivity contribution in [2.75, 3.05) is 0 Å².